The summed E-state index contributed by atoms with van der Waals surface area (Å²) in [7, 11) is 0. The smallest absolute Gasteiger partial charge is 0.241 e. The van der Waals surface area contributed by atoms with Crippen LogP contribution in [0.5, 0.6) is 0 Å². The normalized spacial score (nSPS) is 11.1. The molecule has 0 saturated heterocycles. The van der Waals surface area contributed by atoms with Crippen LogP contribution in [0.3, 0.4) is 0 Å². The second-order valence-electron chi connectivity index (χ2n) is 17.7. The largest absolute Gasteiger partial charge is 0.309 e. The maximum Gasteiger partial charge on any atom is 0.241 e. The summed E-state index contributed by atoms with van der Waals surface area (Å²) in [5.41, 5.74) is 17.9. The molecule has 8 aromatic carbocycles. The van der Waals surface area contributed by atoms with Crippen LogP contribution in [0.1, 0.15) is 38.9 Å². The lowest BCUT2D eigenvalue weighted by atomic mass is 9.98. The Morgan fingerprint density at radius 2 is 0.638 bits per heavy atom. The molecular weight excluding hydrogens is 845 g/mol. The van der Waals surface area contributed by atoms with Crippen molar-refractivity contribution in [1.82, 2.24) is 29.9 Å². The summed E-state index contributed by atoms with van der Waals surface area (Å²) < 4.78 is 0. The van der Waals surface area contributed by atoms with E-state index in [1.807, 2.05) is 108 Å². The van der Waals surface area contributed by atoms with Crippen LogP contribution in [0.15, 0.2) is 188 Å². The van der Waals surface area contributed by atoms with Crippen molar-refractivity contribution in [1.29, 1.82) is 0 Å². The van der Waals surface area contributed by atoms with E-state index in [0.717, 1.165) is 61.7 Å². The van der Waals surface area contributed by atoms with Crippen molar-refractivity contribution in [3.8, 4) is 56.7 Å². The van der Waals surface area contributed by atoms with E-state index in [9.17, 15) is 0 Å². The Labute approximate surface area is 404 Å². The van der Waals surface area contributed by atoms with Gasteiger partial charge in [0.2, 0.25) is 11.9 Å². The molecule has 0 aliphatic carbocycles. The highest BCUT2D eigenvalue weighted by atomic mass is 15.4. The zero-order valence-electron chi connectivity index (χ0n) is 40.0. The van der Waals surface area contributed by atoms with E-state index >= 15 is 0 Å². The first-order valence-corrected chi connectivity index (χ1v) is 23.3. The van der Waals surface area contributed by atoms with Gasteiger partial charge in [0.15, 0.2) is 23.3 Å². The van der Waals surface area contributed by atoms with E-state index in [-0.39, 0.29) is 0 Å². The lowest BCUT2D eigenvalue weighted by Gasteiger charge is -2.33. The van der Waals surface area contributed by atoms with Gasteiger partial charge in [0, 0.05) is 27.9 Å². The molecule has 0 amide bonds. The Morgan fingerprint density at radius 1 is 0.275 bits per heavy atom. The van der Waals surface area contributed by atoms with E-state index in [4.69, 9.17) is 29.9 Å². The van der Waals surface area contributed by atoms with Crippen molar-refractivity contribution in [2.45, 2.75) is 48.5 Å². The number of hydrogen-bond acceptors (Lipinski definition) is 8. The first-order chi connectivity index (χ1) is 33.6. The molecule has 0 fully saturated rings. The average molecular weight is 897 g/mol. The first-order valence-electron chi connectivity index (χ1n) is 23.3. The number of anilines is 6. The summed E-state index contributed by atoms with van der Waals surface area (Å²) in [5.74, 6) is 2.79. The maximum absolute atomic E-state index is 5.37. The molecule has 8 nitrogen and oxygen atoms in total. The van der Waals surface area contributed by atoms with Gasteiger partial charge < -0.3 is 4.90 Å². The van der Waals surface area contributed by atoms with E-state index in [1.165, 1.54) is 33.4 Å². The molecule has 10 rings (SSSR count). The molecule has 0 atom stereocenters. The predicted octanol–water partition coefficient (Wildman–Crippen LogP) is 15.5. The fourth-order valence-electron chi connectivity index (χ4n) is 9.43. The van der Waals surface area contributed by atoms with Gasteiger partial charge in [-0.2, -0.15) is 19.9 Å². The van der Waals surface area contributed by atoms with Crippen LogP contribution in [0.4, 0.5) is 34.6 Å². The van der Waals surface area contributed by atoms with E-state index < -0.39 is 0 Å². The van der Waals surface area contributed by atoms with Crippen molar-refractivity contribution in [2.75, 3.05) is 9.80 Å². The number of aryl methyl sites for hydroxylation is 7. The SMILES string of the molecule is Cc1cc(C)c(N(c2ccc(N(c3nc(-c4ccccc4)nc(-c4ccccc4)n3)c3nc(-c4ccccc4)nc(-c4cccc(-c5ccccc5)c4)n3)c(C)c2)c2c(C)cc(C)cc2C)c(C)c1. The second kappa shape index (κ2) is 18.9. The summed E-state index contributed by atoms with van der Waals surface area (Å²) >= 11 is 0. The van der Waals surface area contributed by atoms with Crippen LogP contribution in [-0.2, 0) is 0 Å². The summed E-state index contributed by atoms with van der Waals surface area (Å²) in [6.45, 7) is 15.3. The van der Waals surface area contributed by atoms with Crippen LogP contribution in [0.2, 0.25) is 0 Å². The van der Waals surface area contributed by atoms with Gasteiger partial charge in [0.25, 0.3) is 0 Å². The Hall–Kier alpha value is -8.62. The van der Waals surface area contributed by atoms with Gasteiger partial charge in [-0.3, -0.25) is 0 Å². The molecule has 8 heteroatoms. The van der Waals surface area contributed by atoms with E-state index in [0.29, 0.717) is 35.2 Å². The fourth-order valence-corrected chi connectivity index (χ4v) is 9.43. The van der Waals surface area contributed by atoms with Gasteiger partial charge in [0.05, 0.1) is 17.1 Å². The minimum Gasteiger partial charge on any atom is -0.309 e. The molecule has 0 radical (unpaired) electrons. The summed E-state index contributed by atoms with van der Waals surface area (Å²) in [6, 6.07) is 64.5. The minimum absolute atomic E-state index is 0.358. The van der Waals surface area contributed by atoms with Crippen molar-refractivity contribution >= 4 is 34.6 Å². The molecule has 69 heavy (non-hydrogen) atoms. The van der Waals surface area contributed by atoms with Crippen molar-refractivity contribution in [3.05, 3.63) is 227 Å². The topological polar surface area (TPSA) is 83.8 Å². The Kier molecular flexibility index (Phi) is 12.1. The number of nitrogens with zero attached hydrogens (tertiary/aromatic N) is 8. The molecule has 336 valence electrons. The quantitative estimate of drug-likeness (QED) is 0.127. The highest BCUT2D eigenvalue weighted by Crippen LogP contribution is 2.45. The maximum atomic E-state index is 5.37. The molecule has 0 spiro atoms. The molecule has 2 heterocycles. The van der Waals surface area contributed by atoms with Crippen LogP contribution in [0, 0.1) is 48.5 Å². The zero-order chi connectivity index (χ0) is 47.6. The van der Waals surface area contributed by atoms with Gasteiger partial charge >= 0.3 is 0 Å². The molecule has 0 unspecified atom stereocenters. The lowest BCUT2D eigenvalue weighted by molar-refractivity contribution is 0.961. The summed E-state index contributed by atoms with van der Waals surface area (Å²) in [6.07, 6.45) is 0. The van der Waals surface area contributed by atoms with Crippen molar-refractivity contribution in [2.24, 2.45) is 0 Å². The van der Waals surface area contributed by atoms with Crippen molar-refractivity contribution < 1.29 is 0 Å². The standard InChI is InChI=1S/C61H52N8/c1-39-33-42(4)54(43(5)34-39)68(55-44(6)35-40(2)36-45(55)7)52-31-32-53(41(3)37-52)69(60-64-56(47-23-14-9-15-24-47)62-57(65-60)48-25-16-10-17-26-48)61-66-58(49-27-18-11-19-28-49)63-59(67-61)51-30-20-29-50(38-51)46-21-12-8-13-22-46/h8-38H,1-7H3. The number of benzene rings is 8. The third-order valence-electron chi connectivity index (χ3n) is 12.4. The minimum atomic E-state index is 0.358. The number of hydrogen-bond donors (Lipinski definition) is 0. The zero-order valence-corrected chi connectivity index (χ0v) is 40.0. The highest BCUT2D eigenvalue weighted by Gasteiger charge is 2.28. The third-order valence-corrected chi connectivity index (χ3v) is 12.4. The van der Waals surface area contributed by atoms with Crippen LogP contribution in [0.25, 0.3) is 56.7 Å². The van der Waals surface area contributed by atoms with Gasteiger partial charge in [-0.1, -0.05) is 175 Å². The van der Waals surface area contributed by atoms with Gasteiger partial charge in [0.1, 0.15) is 0 Å². The van der Waals surface area contributed by atoms with E-state index in [1.54, 1.807) is 0 Å². The molecule has 2 aromatic heterocycles. The number of aromatic nitrogens is 6. The Bertz CT molecular complexity index is 3310. The van der Waals surface area contributed by atoms with Gasteiger partial charge in [-0.15, -0.1) is 0 Å². The highest BCUT2D eigenvalue weighted by molar-refractivity contribution is 5.86. The molecule has 0 aliphatic rings. The molecule has 0 N–H and O–H groups in total. The summed E-state index contributed by atoms with van der Waals surface area (Å²) in [4.78, 5) is 35.9. The predicted molar refractivity (Wildman–Crippen MR) is 283 cm³/mol. The first kappa shape index (κ1) is 44.2. The van der Waals surface area contributed by atoms with Gasteiger partial charge in [-0.05, 0) is 112 Å². The van der Waals surface area contributed by atoms with Crippen LogP contribution in [-0.4, -0.2) is 29.9 Å². The van der Waals surface area contributed by atoms with Crippen LogP contribution >= 0.6 is 0 Å². The molecule has 0 saturated carbocycles. The Balaban J connectivity index is 1.24. The lowest BCUT2D eigenvalue weighted by Crippen LogP contribution is -2.20. The van der Waals surface area contributed by atoms with Crippen LogP contribution < -0.4 is 9.80 Å². The molecule has 0 bridgehead atoms. The third kappa shape index (κ3) is 9.12. The van der Waals surface area contributed by atoms with Crippen molar-refractivity contribution in [3.63, 3.8) is 0 Å². The second-order valence-corrected chi connectivity index (χ2v) is 17.7. The van der Waals surface area contributed by atoms with E-state index in [2.05, 4.69) is 138 Å². The molecule has 0 aliphatic heterocycles. The molecule has 10 aromatic rings. The summed E-state index contributed by atoms with van der Waals surface area (Å²) in [5, 5.41) is 0. The fraction of sp³-hybridized carbons (Fsp3) is 0.115. The Morgan fingerprint density at radius 3 is 1.04 bits per heavy atom. The molecular formula is C61H52N8. The average Bonchev–Trinajstić information content (AvgIpc) is 3.37. The van der Waals surface area contributed by atoms with Gasteiger partial charge in [-0.25, -0.2) is 14.9 Å². The monoisotopic (exact) mass is 896 g/mol. The number of rotatable bonds is 11.